The van der Waals surface area contributed by atoms with Crippen molar-refractivity contribution >= 4 is 98.7 Å². The number of aromatic nitrogens is 2. The molecule has 3 unspecified atom stereocenters. The van der Waals surface area contributed by atoms with E-state index in [2.05, 4.69) is 19.8 Å². The van der Waals surface area contributed by atoms with Gasteiger partial charge in [0, 0.05) is 21.8 Å². The number of aromatic amines is 1. The van der Waals surface area contributed by atoms with Crippen molar-refractivity contribution in [1.29, 1.82) is 0 Å². The van der Waals surface area contributed by atoms with E-state index < -0.39 is 80.6 Å². The number of phenolic OH excluding ortho intramolecular Hbond substituents is 2. The van der Waals surface area contributed by atoms with Crippen molar-refractivity contribution in [3.05, 3.63) is 56.5 Å². The second kappa shape index (κ2) is 19.6. The second-order valence-electron chi connectivity index (χ2n) is 9.41. The summed E-state index contributed by atoms with van der Waals surface area (Å²) in [5.74, 6) is -8.14. The number of aromatic hydroxyl groups is 2. The van der Waals surface area contributed by atoms with E-state index in [-0.39, 0.29) is 126 Å². The van der Waals surface area contributed by atoms with Crippen LogP contribution in [0.15, 0.2) is 53.9 Å². The van der Waals surface area contributed by atoms with Gasteiger partial charge >= 0.3 is 88.7 Å². The molecule has 1 saturated heterocycles. The third-order valence-corrected chi connectivity index (χ3v) is 11.7. The first-order valence-electron chi connectivity index (χ1n) is 12.9. The van der Waals surface area contributed by atoms with Crippen LogP contribution in [0.4, 0.5) is 5.13 Å². The minimum absolute atomic E-state index is 0. The third-order valence-electron chi connectivity index (χ3n) is 6.38. The Kier molecular flexibility index (Phi) is 17.4. The predicted octanol–water partition coefficient (Wildman–Crippen LogP) is -12.0. The van der Waals surface area contributed by atoms with E-state index in [1.54, 1.807) is 0 Å². The van der Waals surface area contributed by atoms with Gasteiger partial charge in [0.25, 0.3) is 17.4 Å². The van der Waals surface area contributed by atoms with Gasteiger partial charge in [-0.05, 0) is 23.8 Å². The number of nitrogens with one attached hydrogen (secondary N) is 2. The summed E-state index contributed by atoms with van der Waals surface area (Å²) in [6, 6.07) is 2.16. The smallest absolute Gasteiger partial charge is 0.545 e. The number of aromatic carboxylic acids is 1. The largest absolute Gasteiger partial charge is 1.00 e. The molecule has 0 aliphatic carbocycles. The molecule has 0 spiro atoms. The summed E-state index contributed by atoms with van der Waals surface area (Å²) in [6.07, 6.45) is 0. The number of aliphatic carboxylic acids is 2. The topological polar surface area (TPSA) is 304 Å². The van der Waals surface area contributed by atoms with E-state index in [1.165, 1.54) is 11.4 Å². The van der Waals surface area contributed by atoms with E-state index in [1.807, 2.05) is 0 Å². The fraction of sp³-hybridized carbons (Fsp3) is 0.200. The molecule has 3 aromatic rings. The molecular formula is C25H17N6Na3O12S5. The zero-order valence-electron chi connectivity index (χ0n) is 26.4. The second-order valence-corrected chi connectivity index (χ2v) is 14.6. The van der Waals surface area contributed by atoms with Crippen molar-refractivity contribution in [2.45, 2.75) is 26.0 Å². The van der Waals surface area contributed by atoms with Gasteiger partial charge in [-0.2, -0.15) is 0 Å². The molecule has 26 heteroatoms. The number of hydrogen-bond donors (Lipinski definition) is 5. The van der Waals surface area contributed by atoms with Crippen LogP contribution in [0.3, 0.4) is 0 Å². The Bertz CT molecular complexity index is 1970. The van der Waals surface area contributed by atoms with Gasteiger partial charge in [-0.1, -0.05) is 28.5 Å². The Balaban J connectivity index is 0.00000300. The van der Waals surface area contributed by atoms with Crippen molar-refractivity contribution in [2.24, 2.45) is 5.16 Å². The minimum atomic E-state index is -1.87. The van der Waals surface area contributed by atoms with E-state index in [0.717, 1.165) is 63.4 Å². The van der Waals surface area contributed by atoms with E-state index in [4.69, 9.17) is 10.6 Å². The van der Waals surface area contributed by atoms with Gasteiger partial charge in [-0.15, -0.1) is 34.9 Å². The Morgan fingerprint density at radius 2 is 1.84 bits per heavy atom. The summed E-state index contributed by atoms with van der Waals surface area (Å²) < 4.78 is 2.32. The maximum absolute atomic E-state index is 13.4. The molecule has 1 fully saturated rings. The number of H-pyrrole nitrogens is 1. The molecule has 0 bridgehead atoms. The zero-order valence-corrected chi connectivity index (χ0v) is 36.5. The van der Waals surface area contributed by atoms with Gasteiger partial charge < -0.3 is 55.8 Å². The fourth-order valence-corrected chi connectivity index (χ4v) is 8.97. The predicted molar refractivity (Wildman–Crippen MR) is 166 cm³/mol. The van der Waals surface area contributed by atoms with Gasteiger partial charge in [0.15, 0.2) is 22.3 Å². The molecule has 4 heterocycles. The van der Waals surface area contributed by atoms with Crippen molar-refractivity contribution in [3.8, 4) is 11.5 Å². The normalized spacial score (nSPS) is 17.1. The van der Waals surface area contributed by atoms with Gasteiger partial charge in [0.1, 0.15) is 17.1 Å². The fourth-order valence-electron chi connectivity index (χ4n) is 4.22. The first kappa shape index (κ1) is 45.4. The summed E-state index contributed by atoms with van der Waals surface area (Å²) in [4.78, 5) is 83.6. The van der Waals surface area contributed by atoms with Crippen molar-refractivity contribution in [3.63, 3.8) is 0 Å². The Labute approximate surface area is 373 Å². The molecule has 2 amide bonds. The molecule has 3 atom stereocenters. The third kappa shape index (κ3) is 10.3. The number of anilines is 1. The summed E-state index contributed by atoms with van der Waals surface area (Å²) in [5, 5.41) is 60.9. The Morgan fingerprint density at radius 1 is 1.14 bits per heavy atom. The molecular weight excluding hydrogens is 806 g/mol. The average Bonchev–Trinajstić information content (AvgIpc) is 3.63. The minimum Gasteiger partial charge on any atom is -0.545 e. The Morgan fingerprint density at radius 3 is 2.43 bits per heavy atom. The van der Waals surface area contributed by atoms with Crippen LogP contribution in [-0.2, 0) is 24.0 Å². The van der Waals surface area contributed by atoms with Crippen LogP contribution in [0.2, 0.25) is 0 Å². The number of benzene rings is 1. The number of carbonyl (C=O) groups excluding carboxylic acids is 5. The molecule has 2 aliphatic heterocycles. The molecule has 51 heavy (non-hydrogen) atoms. The molecule has 18 nitrogen and oxygen atoms in total. The standard InChI is InChI=1S/C25H20N6O12S5.3Na/c26-25-27-9(6-46-25)13(29-43-23(22(41)42)47-8-1-2-10(32)11(33)3-8)17(35)28-14-18(36)31-15(21(39)40)7(4-44-19(14)31)5-45-24-12(20(37)38)16(34)30-48-24;;;/h1-3,6,14,19,23,32-33H,4-5H2,(H2,26,27)(H,28,35)(H,30,34)(H,37,38)(H,39,40)(H,41,42);;;/q;3*+1/p-3/b29-13+;;;. The number of amides is 2. The number of oxime groups is 1. The van der Waals surface area contributed by atoms with Gasteiger partial charge in [0.2, 0.25) is 5.44 Å². The van der Waals surface area contributed by atoms with Crippen LogP contribution in [0.25, 0.3) is 0 Å². The first-order valence-corrected chi connectivity index (χ1v) is 17.5. The maximum Gasteiger partial charge on any atom is 1.00 e. The number of β-lactam (4-membered cyclic amide) rings is 1. The first-order chi connectivity index (χ1) is 22.8. The molecule has 252 valence electrons. The van der Waals surface area contributed by atoms with Crippen molar-refractivity contribution < 1.29 is 143 Å². The van der Waals surface area contributed by atoms with Crippen LogP contribution in [0.5, 0.6) is 11.5 Å². The molecule has 1 aromatic carbocycles. The zero-order chi connectivity index (χ0) is 34.9. The molecule has 6 N–H and O–H groups in total. The maximum atomic E-state index is 13.4. The van der Waals surface area contributed by atoms with Crippen molar-refractivity contribution in [2.75, 3.05) is 17.2 Å². The van der Waals surface area contributed by atoms with Gasteiger partial charge in [0.05, 0.1) is 33.4 Å². The number of hydrogen-bond acceptors (Lipinski definition) is 20. The summed E-state index contributed by atoms with van der Waals surface area (Å²) in [7, 11) is 0. The molecule has 2 aromatic heterocycles. The summed E-state index contributed by atoms with van der Waals surface area (Å²) >= 11 is 4.10. The van der Waals surface area contributed by atoms with E-state index in [0.29, 0.717) is 11.8 Å². The number of phenols is 2. The van der Waals surface area contributed by atoms with E-state index >= 15 is 0 Å². The number of nitrogens with zero attached hydrogens (tertiary/aromatic N) is 3. The van der Waals surface area contributed by atoms with E-state index in [9.17, 15) is 54.3 Å². The quantitative estimate of drug-likeness (QED) is 0.0203. The number of carboxylic acids is 3. The van der Waals surface area contributed by atoms with Crippen LogP contribution < -0.4 is 121 Å². The number of rotatable bonds is 13. The molecule has 0 saturated carbocycles. The number of thioether (sulfide) groups is 3. The summed E-state index contributed by atoms with van der Waals surface area (Å²) in [5.41, 5.74) is 1.35. The number of nitrogens with two attached hydrogens (primary N) is 1. The SMILES string of the molecule is Nc1nc(/C(=N\OC(Sc2ccc(O)c(O)c2)C(=O)[O-])C(=O)NC2C(=O)N3C(C(=O)[O-])=C(CSc4s[nH]c(=O)c4C(=O)[O-])CSC23)cs1.[Na+].[Na+].[Na+]. The number of carboxylic acid groups (broad SMARTS) is 3. The number of fused-ring (bicyclic) bond motifs is 1. The van der Waals surface area contributed by atoms with Crippen molar-refractivity contribution in [1.82, 2.24) is 19.6 Å². The van der Waals surface area contributed by atoms with Crippen LogP contribution >= 0.6 is 58.2 Å². The number of nitrogen functional groups attached to an aromatic ring is 1. The molecule has 5 rings (SSSR count). The van der Waals surface area contributed by atoms with Crippen LogP contribution in [0, 0.1) is 0 Å². The monoisotopic (exact) mass is 822 g/mol. The average molecular weight is 823 g/mol. The van der Waals surface area contributed by atoms with Gasteiger partial charge in [-0.3, -0.25) is 23.7 Å². The van der Waals surface area contributed by atoms with Crippen LogP contribution in [0.1, 0.15) is 16.1 Å². The van der Waals surface area contributed by atoms with Crippen LogP contribution in [-0.4, -0.2) is 88.3 Å². The summed E-state index contributed by atoms with van der Waals surface area (Å²) in [6.45, 7) is 0. The molecule has 2 aliphatic rings. The number of carbonyl (C=O) groups is 5. The van der Waals surface area contributed by atoms with Gasteiger partial charge in [-0.25, -0.2) is 4.98 Å². The molecule has 0 radical (unpaired) electrons. The number of thiazole rings is 1. The Hall–Kier alpha value is -1.71.